The van der Waals surface area contributed by atoms with Crippen molar-refractivity contribution in [2.75, 3.05) is 12.8 Å². The minimum Gasteiger partial charge on any atom is -0.441 e. The van der Waals surface area contributed by atoms with Crippen molar-refractivity contribution in [3.05, 3.63) is 41.3 Å². The van der Waals surface area contributed by atoms with Crippen LogP contribution in [0.25, 0.3) is 11.5 Å². The van der Waals surface area contributed by atoms with Gasteiger partial charge in [-0.15, -0.1) is 0 Å². The number of aromatic nitrogens is 1. The topological polar surface area (TPSA) is 72.2 Å². The average Bonchev–Trinajstić information content (AvgIpc) is 2.70. The molecule has 0 unspecified atom stereocenters. The lowest BCUT2D eigenvalue weighted by atomic mass is 10.1. The molecule has 2 aromatic rings. The van der Waals surface area contributed by atoms with Crippen molar-refractivity contribution < 1.29 is 12.8 Å². The third-order valence-electron chi connectivity index (χ3n) is 2.92. The molecule has 0 saturated heterocycles. The van der Waals surface area contributed by atoms with Crippen LogP contribution in [-0.4, -0.2) is 26.2 Å². The SMILES string of the molecule is Cc1ccc(-c2nc(CCNS(C)(=O)=O)c(C)o2)cc1. The maximum absolute atomic E-state index is 11.0. The van der Waals surface area contributed by atoms with Crippen molar-refractivity contribution in [1.29, 1.82) is 0 Å². The van der Waals surface area contributed by atoms with Crippen LogP contribution in [0.2, 0.25) is 0 Å². The van der Waals surface area contributed by atoms with Crippen LogP contribution in [0.3, 0.4) is 0 Å². The van der Waals surface area contributed by atoms with E-state index < -0.39 is 10.0 Å². The van der Waals surface area contributed by atoms with Crippen molar-refractivity contribution in [2.45, 2.75) is 20.3 Å². The Bertz CT molecular complexity index is 688. The fraction of sp³-hybridized carbons (Fsp3) is 0.357. The Morgan fingerprint density at radius 3 is 2.45 bits per heavy atom. The van der Waals surface area contributed by atoms with Crippen LogP contribution < -0.4 is 4.72 Å². The first-order valence-electron chi connectivity index (χ1n) is 6.33. The molecule has 108 valence electrons. The van der Waals surface area contributed by atoms with Crippen molar-refractivity contribution in [3.8, 4) is 11.5 Å². The van der Waals surface area contributed by atoms with Crippen molar-refractivity contribution in [1.82, 2.24) is 9.71 Å². The number of hydrogen-bond donors (Lipinski definition) is 1. The maximum Gasteiger partial charge on any atom is 0.226 e. The summed E-state index contributed by atoms with van der Waals surface area (Å²) >= 11 is 0. The number of oxazole rings is 1. The van der Waals surface area contributed by atoms with Gasteiger partial charge in [-0.25, -0.2) is 18.1 Å². The molecule has 0 radical (unpaired) electrons. The standard InChI is InChI=1S/C14H18N2O3S/c1-10-4-6-12(7-5-10)14-16-13(11(2)19-14)8-9-15-20(3,17)18/h4-7,15H,8-9H2,1-3H3. The average molecular weight is 294 g/mol. The molecule has 5 nitrogen and oxygen atoms in total. The highest BCUT2D eigenvalue weighted by atomic mass is 32.2. The summed E-state index contributed by atoms with van der Waals surface area (Å²) in [7, 11) is -3.17. The number of hydrogen-bond acceptors (Lipinski definition) is 4. The number of benzene rings is 1. The molecule has 0 amide bonds. The van der Waals surface area contributed by atoms with E-state index in [0.717, 1.165) is 23.3 Å². The summed E-state index contributed by atoms with van der Waals surface area (Å²) in [5.74, 6) is 1.28. The molecule has 1 aromatic carbocycles. The van der Waals surface area contributed by atoms with Crippen LogP contribution in [0.15, 0.2) is 28.7 Å². The highest BCUT2D eigenvalue weighted by Crippen LogP contribution is 2.22. The quantitative estimate of drug-likeness (QED) is 0.916. The molecule has 0 aliphatic carbocycles. The molecule has 20 heavy (non-hydrogen) atoms. The van der Waals surface area contributed by atoms with E-state index in [1.54, 1.807) is 0 Å². The number of nitrogens with zero attached hydrogens (tertiary/aromatic N) is 1. The van der Waals surface area contributed by atoms with Gasteiger partial charge in [0.25, 0.3) is 0 Å². The smallest absolute Gasteiger partial charge is 0.226 e. The number of nitrogens with one attached hydrogen (secondary N) is 1. The van der Waals surface area contributed by atoms with Gasteiger partial charge in [0.1, 0.15) is 5.76 Å². The predicted molar refractivity (Wildman–Crippen MR) is 78.0 cm³/mol. The Kier molecular flexibility index (Phi) is 4.25. The van der Waals surface area contributed by atoms with Gasteiger partial charge in [0.2, 0.25) is 15.9 Å². The first-order chi connectivity index (χ1) is 9.35. The summed E-state index contributed by atoms with van der Waals surface area (Å²) in [6.45, 7) is 4.17. The predicted octanol–water partition coefficient (Wildman–Crippen LogP) is 2.05. The Balaban J connectivity index is 2.11. The van der Waals surface area contributed by atoms with E-state index in [4.69, 9.17) is 4.42 Å². The van der Waals surface area contributed by atoms with E-state index in [1.807, 2.05) is 38.1 Å². The zero-order valence-corrected chi connectivity index (χ0v) is 12.6. The van der Waals surface area contributed by atoms with Gasteiger partial charge in [-0.1, -0.05) is 17.7 Å². The highest BCUT2D eigenvalue weighted by Gasteiger charge is 2.11. The van der Waals surface area contributed by atoms with Gasteiger partial charge in [-0.3, -0.25) is 0 Å². The molecule has 0 bridgehead atoms. The number of rotatable bonds is 5. The van der Waals surface area contributed by atoms with Crippen molar-refractivity contribution in [2.24, 2.45) is 0 Å². The Labute approximate surface area is 119 Å². The monoisotopic (exact) mass is 294 g/mol. The lowest BCUT2D eigenvalue weighted by Gasteiger charge is -1.99. The molecule has 0 saturated carbocycles. The Morgan fingerprint density at radius 1 is 1.20 bits per heavy atom. The van der Waals surface area contributed by atoms with Gasteiger partial charge in [0.15, 0.2) is 0 Å². The summed E-state index contributed by atoms with van der Waals surface area (Å²) in [4.78, 5) is 4.43. The Hall–Kier alpha value is -1.66. The van der Waals surface area contributed by atoms with Crippen molar-refractivity contribution in [3.63, 3.8) is 0 Å². The molecule has 0 aliphatic rings. The van der Waals surface area contributed by atoms with Crippen LogP contribution in [0.4, 0.5) is 0 Å². The zero-order chi connectivity index (χ0) is 14.8. The molecule has 1 aromatic heterocycles. The van der Waals surface area contributed by atoms with Crippen LogP contribution in [0.1, 0.15) is 17.0 Å². The third-order valence-corrected chi connectivity index (χ3v) is 3.65. The maximum atomic E-state index is 11.0. The summed E-state index contributed by atoms with van der Waals surface area (Å²) in [6.07, 6.45) is 1.65. The minimum atomic E-state index is -3.17. The van der Waals surface area contributed by atoms with Crippen LogP contribution in [-0.2, 0) is 16.4 Å². The molecule has 1 N–H and O–H groups in total. The first-order valence-corrected chi connectivity index (χ1v) is 8.22. The number of sulfonamides is 1. The van der Waals surface area contributed by atoms with E-state index in [9.17, 15) is 8.42 Å². The molecular formula is C14H18N2O3S. The molecular weight excluding hydrogens is 276 g/mol. The van der Waals surface area contributed by atoms with Crippen LogP contribution >= 0.6 is 0 Å². The van der Waals surface area contributed by atoms with Gasteiger partial charge >= 0.3 is 0 Å². The number of aryl methyl sites for hydroxylation is 2. The summed E-state index contributed by atoms with van der Waals surface area (Å²) < 4.78 is 30.1. The Morgan fingerprint density at radius 2 is 1.85 bits per heavy atom. The molecule has 0 aliphatic heterocycles. The van der Waals surface area contributed by atoms with Crippen LogP contribution in [0, 0.1) is 13.8 Å². The molecule has 1 heterocycles. The van der Waals surface area contributed by atoms with E-state index in [0.29, 0.717) is 18.9 Å². The van der Waals surface area contributed by atoms with Gasteiger partial charge in [0.05, 0.1) is 11.9 Å². The van der Waals surface area contributed by atoms with Crippen molar-refractivity contribution >= 4 is 10.0 Å². The first kappa shape index (κ1) is 14.7. The molecule has 2 rings (SSSR count). The molecule has 0 fully saturated rings. The van der Waals surface area contributed by atoms with Gasteiger partial charge in [-0.05, 0) is 26.0 Å². The molecule has 6 heteroatoms. The fourth-order valence-electron chi connectivity index (χ4n) is 1.83. The van der Waals surface area contributed by atoms with E-state index >= 15 is 0 Å². The second-order valence-electron chi connectivity index (χ2n) is 4.80. The van der Waals surface area contributed by atoms with Gasteiger partial charge in [0, 0.05) is 18.5 Å². The van der Waals surface area contributed by atoms with Crippen LogP contribution in [0.5, 0.6) is 0 Å². The fourth-order valence-corrected chi connectivity index (χ4v) is 2.31. The summed E-state index contributed by atoms with van der Waals surface area (Å²) in [6, 6.07) is 7.91. The summed E-state index contributed by atoms with van der Waals surface area (Å²) in [5, 5.41) is 0. The van der Waals surface area contributed by atoms with E-state index in [1.165, 1.54) is 5.56 Å². The second-order valence-corrected chi connectivity index (χ2v) is 6.64. The van der Waals surface area contributed by atoms with Gasteiger partial charge < -0.3 is 4.42 Å². The minimum absolute atomic E-state index is 0.319. The summed E-state index contributed by atoms with van der Waals surface area (Å²) in [5.41, 5.74) is 2.87. The van der Waals surface area contributed by atoms with E-state index in [2.05, 4.69) is 9.71 Å². The molecule has 0 atom stereocenters. The lowest BCUT2D eigenvalue weighted by molar-refractivity contribution is 0.538. The van der Waals surface area contributed by atoms with E-state index in [-0.39, 0.29) is 0 Å². The third kappa shape index (κ3) is 3.91. The zero-order valence-electron chi connectivity index (χ0n) is 11.8. The highest BCUT2D eigenvalue weighted by molar-refractivity contribution is 7.88. The lowest BCUT2D eigenvalue weighted by Crippen LogP contribution is -2.24. The van der Waals surface area contributed by atoms with Gasteiger partial charge in [-0.2, -0.15) is 0 Å². The normalized spacial score (nSPS) is 11.8. The second kappa shape index (κ2) is 5.76. The molecule has 0 spiro atoms. The largest absolute Gasteiger partial charge is 0.441 e.